The number of fused-ring (bicyclic) bond motifs is 3. The first kappa shape index (κ1) is 15.9. The Labute approximate surface area is 145 Å². The average molecular weight is 340 g/mol. The lowest BCUT2D eigenvalue weighted by atomic mass is 10.0. The molecule has 25 heavy (non-hydrogen) atoms. The van der Waals surface area contributed by atoms with Gasteiger partial charge in [0.05, 0.1) is 29.6 Å². The molecule has 0 atom stereocenters. The molecular weight excluding hydrogens is 319 g/mol. The summed E-state index contributed by atoms with van der Waals surface area (Å²) in [6.45, 7) is 7.08. The van der Waals surface area contributed by atoms with Crippen LogP contribution in [0.4, 0.5) is 4.39 Å². The number of nitrogens with zero attached hydrogens (tertiary/aromatic N) is 3. The molecule has 1 N–H and O–H groups in total. The van der Waals surface area contributed by atoms with Gasteiger partial charge in [0.2, 0.25) is 0 Å². The zero-order chi connectivity index (χ0) is 17.7. The molecule has 1 amide bonds. The first-order chi connectivity index (χ1) is 12.0. The van der Waals surface area contributed by atoms with E-state index in [9.17, 15) is 9.18 Å². The fourth-order valence-electron chi connectivity index (χ4n) is 3.81. The second kappa shape index (κ2) is 5.72. The summed E-state index contributed by atoms with van der Waals surface area (Å²) in [5, 5.41) is 0.706. The van der Waals surface area contributed by atoms with E-state index in [4.69, 9.17) is 0 Å². The molecular formula is C19H21FN4O. The Hall–Kier alpha value is -2.63. The second-order valence-corrected chi connectivity index (χ2v) is 6.87. The summed E-state index contributed by atoms with van der Waals surface area (Å²) in [5.74, 6) is -0.318. The van der Waals surface area contributed by atoms with Gasteiger partial charge in [0.15, 0.2) is 0 Å². The fraction of sp³-hybridized carbons (Fsp3) is 0.368. The molecule has 0 saturated heterocycles. The molecule has 6 heteroatoms. The maximum absolute atomic E-state index is 14.5. The van der Waals surface area contributed by atoms with Crippen molar-refractivity contribution < 1.29 is 9.18 Å². The largest absolute Gasteiger partial charge is 0.348 e. The summed E-state index contributed by atoms with van der Waals surface area (Å²) in [7, 11) is 0. The van der Waals surface area contributed by atoms with Crippen LogP contribution in [-0.2, 0) is 13.0 Å². The van der Waals surface area contributed by atoms with Gasteiger partial charge in [-0.1, -0.05) is 12.1 Å². The smallest absolute Gasteiger partial charge is 0.256 e. The number of aromatic amines is 1. The summed E-state index contributed by atoms with van der Waals surface area (Å²) >= 11 is 0. The number of aromatic nitrogens is 3. The van der Waals surface area contributed by atoms with Crippen LogP contribution >= 0.6 is 0 Å². The third kappa shape index (κ3) is 2.35. The molecule has 0 radical (unpaired) electrons. The number of rotatable bonds is 3. The first-order valence-corrected chi connectivity index (χ1v) is 8.58. The molecule has 0 fully saturated rings. The zero-order valence-electron chi connectivity index (χ0n) is 14.6. The van der Waals surface area contributed by atoms with Crippen LogP contribution in [0, 0.1) is 12.7 Å². The maximum Gasteiger partial charge on any atom is 0.256 e. The van der Waals surface area contributed by atoms with E-state index < -0.39 is 0 Å². The second-order valence-electron chi connectivity index (χ2n) is 6.87. The van der Waals surface area contributed by atoms with Gasteiger partial charge in [0, 0.05) is 35.8 Å². The molecule has 1 aromatic carbocycles. The lowest BCUT2D eigenvalue weighted by Gasteiger charge is -2.28. The highest BCUT2D eigenvalue weighted by atomic mass is 19.1. The number of para-hydroxylation sites is 1. The molecule has 0 unspecified atom stereocenters. The molecule has 0 bridgehead atoms. The van der Waals surface area contributed by atoms with Gasteiger partial charge in [-0.3, -0.25) is 4.79 Å². The quantitative estimate of drug-likeness (QED) is 0.792. The van der Waals surface area contributed by atoms with Crippen molar-refractivity contribution in [2.24, 2.45) is 0 Å². The van der Waals surface area contributed by atoms with Crippen LogP contribution in [0.15, 0.2) is 24.5 Å². The van der Waals surface area contributed by atoms with Crippen LogP contribution in [-0.4, -0.2) is 31.9 Å². The number of hydrogen-bond donors (Lipinski definition) is 1. The number of nitrogens with one attached hydrogen (secondary N) is 1. The number of benzene rings is 1. The van der Waals surface area contributed by atoms with E-state index in [1.165, 1.54) is 6.07 Å². The molecule has 5 nitrogen and oxygen atoms in total. The predicted octanol–water partition coefficient (Wildman–Crippen LogP) is 3.59. The Kier molecular flexibility index (Phi) is 3.63. The van der Waals surface area contributed by atoms with Crippen molar-refractivity contribution in [3.05, 3.63) is 53.0 Å². The molecule has 1 aliphatic rings. The van der Waals surface area contributed by atoms with E-state index in [-0.39, 0.29) is 17.8 Å². The van der Waals surface area contributed by atoms with Crippen molar-refractivity contribution >= 4 is 16.8 Å². The Morgan fingerprint density at radius 1 is 1.36 bits per heavy atom. The number of imidazole rings is 1. The number of H-pyrrole nitrogens is 1. The third-order valence-corrected chi connectivity index (χ3v) is 4.99. The summed E-state index contributed by atoms with van der Waals surface area (Å²) in [5.41, 5.74) is 3.95. The van der Waals surface area contributed by atoms with E-state index >= 15 is 0 Å². The van der Waals surface area contributed by atoms with Gasteiger partial charge in [0.1, 0.15) is 5.82 Å². The van der Waals surface area contributed by atoms with Crippen LogP contribution in [0.1, 0.15) is 47.3 Å². The molecule has 0 spiro atoms. The lowest BCUT2D eigenvalue weighted by molar-refractivity contribution is 0.0724. The van der Waals surface area contributed by atoms with Crippen molar-refractivity contribution in [1.29, 1.82) is 0 Å². The van der Waals surface area contributed by atoms with E-state index in [0.29, 0.717) is 29.6 Å². The Balaban J connectivity index is 1.84. The SMILES string of the molecule is Cc1[nH]cnc1CN1CCc2c(c3cccc(F)c3n2C(C)C)C1=O. The topological polar surface area (TPSA) is 53.9 Å². The standard InChI is InChI=1S/C19H21FN4O/c1-11(2)24-16-7-8-23(9-15-12(3)21-10-22-15)19(25)17(16)13-5-4-6-14(20)18(13)24/h4-6,10-11H,7-9H2,1-3H3,(H,21,22). The summed E-state index contributed by atoms with van der Waals surface area (Å²) in [6, 6.07) is 5.07. The average Bonchev–Trinajstić information content (AvgIpc) is 3.12. The zero-order valence-corrected chi connectivity index (χ0v) is 14.6. The van der Waals surface area contributed by atoms with Gasteiger partial charge in [0.25, 0.3) is 5.91 Å². The van der Waals surface area contributed by atoms with E-state index in [2.05, 4.69) is 9.97 Å². The Bertz CT molecular complexity index is 969. The highest BCUT2D eigenvalue weighted by molar-refractivity contribution is 6.09. The number of amides is 1. The van der Waals surface area contributed by atoms with Crippen LogP contribution in [0.2, 0.25) is 0 Å². The summed E-state index contributed by atoms with van der Waals surface area (Å²) in [4.78, 5) is 22.3. The van der Waals surface area contributed by atoms with E-state index in [1.807, 2.05) is 31.4 Å². The molecule has 0 saturated carbocycles. The first-order valence-electron chi connectivity index (χ1n) is 8.58. The fourth-order valence-corrected chi connectivity index (χ4v) is 3.81. The third-order valence-electron chi connectivity index (χ3n) is 4.99. The van der Waals surface area contributed by atoms with Crippen molar-refractivity contribution in [2.75, 3.05) is 6.54 Å². The van der Waals surface area contributed by atoms with Gasteiger partial charge < -0.3 is 14.5 Å². The molecule has 0 aliphatic carbocycles. The van der Waals surface area contributed by atoms with Crippen LogP contribution in [0.3, 0.4) is 0 Å². The molecule has 1 aliphatic heterocycles. The predicted molar refractivity (Wildman–Crippen MR) is 94.1 cm³/mol. The summed E-state index contributed by atoms with van der Waals surface area (Å²) < 4.78 is 16.5. The highest BCUT2D eigenvalue weighted by Gasteiger charge is 2.32. The minimum atomic E-state index is -0.275. The van der Waals surface area contributed by atoms with Gasteiger partial charge in [-0.15, -0.1) is 0 Å². The minimum Gasteiger partial charge on any atom is -0.348 e. The molecule has 130 valence electrons. The highest BCUT2D eigenvalue weighted by Crippen LogP contribution is 2.35. The molecule has 2 aromatic heterocycles. The minimum absolute atomic E-state index is 0.0429. The van der Waals surface area contributed by atoms with Crippen molar-refractivity contribution in [2.45, 2.75) is 39.8 Å². The van der Waals surface area contributed by atoms with Crippen molar-refractivity contribution in [3.8, 4) is 0 Å². The number of carbonyl (C=O) groups is 1. The maximum atomic E-state index is 14.5. The molecule has 3 aromatic rings. The monoisotopic (exact) mass is 340 g/mol. The normalized spacial score (nSPS) is 14.6. The van der Waals surface area contributed by atoms with Gasteiger partial charge in [-0.05, 0) is 26.8 Å². The van der Waals surface area contributed by atoms with Crippen LogP contribution in [0.5, 0.6) is 0 Å². The van der Waals surface area contributed by atoms with E-state index in [1.54, 1.807) is 17.3 Å². The van der Waals surface area contributed by atoms with Crippen LogP contribution in [0.25, 0.3) is 10.9 Å². The molecule has 4 rings (SSSR count). The Morgan fingerprint density at radius 2 is 2.16 bits per heavy atom. The number of halogens is 1. The summed E-state index contributed by atoms with van der Waals surface area (Å²) in [6.07, 6.45) is 2.36. The van der Waals surface area contributed by atoms with Crippen molar-refractivity contribution in [3.63, 3.8) is 0 Å². The van der Waals surface area contributed by atoms with Gasteiger partial charge in [-0.2, -0.15) is 0 Å². The van der Waals surface area contributed by atoms with E-state index in [0.717, 1.165) is 23.5 Å². The lowest BCUT2D eigenvalue weighted by Crippen LogP contribution is -2.37. The number of carbonyl (C=O) groups excluding carboxylic acids is 1. The van der Waals surface area contributed by atoms with Gasteiger partial charge in [-0.25, -0.2) is 9.37 Å². The van der Waals surface area contributed by atoms with Gasteiger partial charge >= 0.3 is 0 Å². The molecule has 3 heterocycles. The van der Waals surface area contributed by atoms with Crippen LogP contribution < -0.4 is 0 Å². The Morgan fingerprint density at radius 3 is 2.84 bits per heavy atom. The number of aryl methyl sites for hydroxylation is 1. The number of hydrogen-bond acceptors (Lipinski definition) is 2. The van der Waals surface area contributed by atoms with Crippen molar-refractivity contribution in [1.82, 2.24) is 19.4 Å².